The summed E-state index contributed by atoms with van der Waals surface area (Å²) >= 11 is 12.3. The Morgan fingerprint density at radius 1 is 1.03 bits per heavy atom. The fourth-order valence-electron chi connectivity index (χ4n) is 3.06. The number of esters is 3. The van der Waals surface area contributed by atoms with Gasteiger partial charge in [-0.15, -0.1) is 0 Å². The van der Waals surface area contributed by atoms with E-state index in [1.807, 2.05) is 0 Å². The van der Waals surface area contributed by atoms with E-state index in [9.17, 15) is 14.4 Å². The van der Waals surface area contributed by atoms with Crippen LogP contribution in [0.2, 0.25) is 10.4 Å². The van der Waals surface area contributed by atoms with Gasteiger partial charge in [0.1, 0.15) is 18.2 Å². The summed E-state index contributed by atoms with van der Waals surface area (Å²) in [5.41, 5.74) is 5.91. The van der Waals surface area contributed by atoms with E-state index in [-0.39, 0.29) is 34.2 Å². The van der Waals surface area contributed by atoms with Crippen molar-refractivity contribution in [2.75, 3.05) is 12.3 Å². The van der Waals surface area contributed by atoms with E-state index in [0.717, 1.165) is 0 Å². The molecule has 0 radical (unpaired) electrons. The number of carbonyl (C=O) groups is 3. The summed E-state index contributed by atoms with van der Waals surface area (Å²) in [6.07, 6.45) is -4.41. The topological polar surface area (TPSA) is 158 Å². The normalized spacial score (nSPS) is 23.4. The highest BCUT2D eigenvalue weighted by Gasteiger charge is 2.51. The van der Waals surface area contributed by atoms with Crippen molar-refractivity contribution in [1.29, 1.82) is 0 Å². The van der Waals surface area contributed by atoms with Crippen molar-refractivity contribution in [3.8, 4) is 0 Å². The molecule has 1 aliphatic heterocycles. The molecule has 0 unspecified atom stereocenters. The molecule has 1 aliphatic rings. The standard InChI is InChI=1S/C16H17Cl2N5O7/c1-5(24)27-4-8-10(28-6(2)25)11(29-7(3)26)14(30-8)23-13-9(20-15(23)18)12(17)21-16(19)22-13/h8,10-11,14H,4H2,1-3H3,(H2,19,21,22)/t8-,10+,11+,14-/m1/s1. The Morgan fingerprint density at radius 2 is 1.67 bits per heavy atom. The molecule has 0 amide bonds. The Balaban J connectivity index is 2.10. The van der Waals surface area contributed by atoms with Gasteiger partial charge in [0, 0.05) is 20.8 Å². The zero-order valence-electron chi connectivity index (χ0n) is 16.0. The number of nitrogens with zero attached hydrogens (tertiary/aromatic N) is 4. The lowest BCUT2D eigenvalue weighted by atomic mass is 10.1. The van der Waals surface area contributed by atoms with Crippen molar-refractivity contribution >= 4 is 58.2 Å². The second-order valence-electron chi connectivity index (χ2n) is 6.31. The van der Waals surface area contributed by atoms with Crippen LogP contribution in [0.25, 0.3) is 11.2 Å². The average Bonchev–Trinajstić information content (AvgIpc) is 3.10. The van der Waals surface area contributed by atoms with Gasteiger partial charge in [0.2, 0.25) is 11.2 Å². The summed E-state index contributed by atoms with van der Waals surface area (Å²) in [5, 5.41) is -0.170. The number of imidazole rings is 1. The predicted octanol–water partition coefficient (Wildman–Crippen LogP) is 1.04. The van der Waals surface area contributed by atoms with E-state index >= 15 is 0 Å². The van der Waals surface area contributed by atoms with E-state index < -0.39 is 42.4 Å². The van der Waals surface area contributed by atoms with Crippen molar-refractivity contribution in [3.05, 3.63) is 10.4 Å². The Hall–Kier alpha value is -2.70. The van der Waals surface area contributed by atoms with Crippen LogP contribution >= 0.6 is 23.2 Å². The van der Waals surface area contributed by atoms with Gasteiger partial charge in [-0.05, 0) is 11.6 Å². The van der Waals surface area contributed by atoms with Crippen molar-refractivity contribution in [2.24, 2.45) is 0 Å². The Bertz CT molecular complexity index is 1010. The molecule has 12 nitrogen and oxygen atoms in total. The smallest absolute Gasteiger partial charge is 0.303 e. The summed E-state index contributed by atoms with van der Waals surface area (Å²) in [6.45, 7) is 3.28. The summed E-state index contributed by atoms with van der Waals surface area (Å²) in [5.74, 6) is -2.07. The van der Waals surface area contributed by atoms with E-state index in [4.69, 9.17) is 47.9 Å². The molecule has 0 aliphatic carbocycles. The van der Waals surface area contributed by atoms with Gasteiger partial charge in [-0.25, -0.2) is 4.98 Å². The van der Waals surface area contributed by atoms with Crippen LogP contribution in [-0.2, 0) is 33.3 Å². The molecule has 14 heteroatoms. The summed E-state index contributed by atoms with van der Waals surface area (Å²) < 4.78 is 22.9. The molecule has 2 aromatic rings. The number of nitrogens with two attached hydrogens (primary N) is 1. The molecule has 162 valence electrons. The number of fused-ring (bicyclic) bond motifs is 1. The third-order valence-corrected chi connectivity index (χ3v) is 4.60. The zero-order valence-corrected chi connectivity index (χ0v) is 17.5. The Labute approximate surface area is 179 Å². The van der Waals surface area contributed by atoms with Gasteiger partial charge < -0.3 is 24.7 Å². The highest BCUT2D eigenvalue weighted by Crippen LogP contribution is 2.38. The molecule has 2 aromatic heterocycles. The fraction of sp³-hybridized carbons (Fsp3) is 0.500. The number of hydrogen-bond acceptors (Lipinski definition) is 11. The van der Waals surface area contributed by atoms with Crippen LogP contribution in [0.3, 0.4) is 0 Å². The third kappa shape index (κ3) is 4.40. The Kier molecular flexibility index (Phi) is 6.29. The molecule has 3 rings (SSSR count). The van der Waals surface area contributed by atoms with Gasteiger partial charge in [0.25, 0.3) is 0 Å². The number of aromatic nitrogens is 4. The second kappa shape index (κ2) is 8.58. The SMILES string of the molecule is CC(=O)OC[C@H]1O[C@@H](n2c(Cl)nc3c(Cl)nc(N)nc32)[C@@H](OC(C)=O)[C@H]1OC(C)=O. The monoisotopic (exact) mass is 461 g/mol. The molecule has 2 N–H and O–H groups in total. The lowest BCUT2D eigenvalue weighted by molar-refractivity contribution is -0.166. The lowest BCUT2D eigenvalue weighted by Gasteiger charge is -2.24. The fourth-order valence-corrected chi connectivity index (χ4v) is 3.53. The highest BCUT2D eigenvalue weighted by molar-refractivity contribution is 6.34. The van der Waals surface area contributed by atoms with Crippen molar-refractivity contribution in [1.82, 2.24) is 19.5 Å². The van der Waals surface area contributed by atoms with Gasteiger partial charge >= 0.3 is 17.9 Å². The van der Waals surface area contributed by atoms with Crippen molar-refractivity contribution in [3.63, 3.8) is 0 Å². The maximum atomic E-state index is 11.7. The van der Waals surface area contributed by atoms with Crippen LogP contribution in [0, 0.1) is 0 Å². The van der Waals surface area contributed by atoms with Gasteiger partial charge in [0.15, 0.2) is 29.2 Å². The number of carbonyl (C=O) groups excluding carboxylic acids is 3. The first-order valence-electron chi connectivity index (χ1n) is 8.58. The number of hydrogen-bond donors (Lipinski definition) is 1. The molecular formula is C16H17Cl2N5O7. The Morgan fingerprint density at radius 3 is 2.27 bits per heavy atom. The molecule has 30 heavy (non-hydrogen) atoms. The van der Waals surface area contributed by atoms with Crippen LogP contribution in [-0.4, -0.2) is 62.3 Å². The number of rotatable bonds is 5. The molecule has 0 aromatic carbocycles. The second-order valence-corrected chi connectivity index (χ2v) is 7.01. The van der Waals surface area contributed by atoms with Crippen LogP contribution in [0.15, 0.2) is 0 Å². The van der Waals surface area contributed by atoms with E-state index in [1.165, 1.54) is 25.3 Å². The summed E-state index contributed by atoms with van der Waals surface area (Å²) in [4.78, 5) is 46.6. The van der Waals surface area contributed by atoms with E-state index in [0.29, 0.717) is 0 Å². The minimum atomic E-state index is -1.17. The summed E-state index contributed by atoms with van der Waals surface area (Å²) in [6, 6.07) is 0. The molecule has 0 saturated carbocycles. The largest absolute Gasteiger partial charge is 0.463 e. The minimum Gasteiger partial charge on any atom is -0.463 e. The van der Waals surface area contributed by atoms with Crippen LogP contribution in [0.1, 0.15) is 27.0 Å². The highest BCUT2D eigenvalue weighted by atomic mass is 35.5. The van der Waals surface area contributed by atoms with Gasteiger partial charge in [-0.2, -0.15) is 9.97 Å². The molecule has 4 atom stereocenters. The number of halogens is 2. The maximum absolute atomic E-state index is 11.7. The molecule has 0 bridgehead atoms. The molecule has 3 heterocycles. The van der Waals surface area contributed by atoms with Crippen molar-refractivity contribution in [2.45, 2.75) is 45.3 Å². The first-order chi connectivity index (χ1) is 14.1. The molecule has 1 saturated heterocycles. The number of ether oxygens (including phenoxy) is 4. The lowest BCUT2D eigenvalue weighted by Crippen LogP contribution is -2.40. The number of anilines is 1. The summed E-state index contributed by atoms with van der Waals surface area (Å²) in [7, 11) is 0. The molecule has 0 spiro atoms. The molecule has 1 fully saturated rings. The van der Waals surface area contributed by atoms with E-state index in [2.05, 4.69) is 15.0 Å². The first kappa shape index (κ1) is 22.0. The van der Waals surface area contributed by atoms with Gasteiger partial charge in [-0.1, -0.05) is 11.6 Å². The third-order valence-electron chi connectivity index (χ3n) is 4.07. The minimum absolute atomic E-state index is 0.0480. The molecular weight excluding hydrogens is 445 g/mol. The van der Waals surface area contributed by atoms with Crippen LogP contribution < -0.4 is 5.73 Å². The van der Waals surface area contributed by atoms with Crippen molar-refractivity contribution < 1.29 is 33.3 Å². The first-order valence-corrected chi connectivity index (χ1v) is 9.33. The van der Waals surface area contributed by atoms with E-state index in [1.54, 1.807) is 0 Å². The number of nitrogen functional groups attached to an aromatic ring is 1. The van der Waals surface area contributed by atoms with Crippen LogP contribution in [0.4, 0.5) is 5.95 Å². The van der Waals surface area contributed by atoms with Gasteiger partial charge in [0.05, 0.1) is 0 Å². The average molecular weight is 462 g/mol. The maximum Gasteiger partial charge on any atom is 0.303 e. The predicted molar refractivity (Wildman–Crippen MR) is 101 cm³/mol. The zero-order chi connectivity index (χ0) is 22.2. The van der Waals surface area contributed by atoms with Crippen LogP contribution in [0.5, 0.6) is 0 Å². The van der Waals surface area contributed by atoms with Gasteiger partial charge in [-0.3, -0.25) is 19.0 Å². The quantitative estimate of drug-likeness (QED) is 0.293.